The van der Waals surface area contributed by atoms with Gasteiger partial charge in [-0.3, -0.25) is 4.79 Å². The predicted octanol–water partition coefficient (Wildman–Crippen LogP) is 1.54. The molecule has 0 fully saturated rings. The molecule has 0 unspecified atom stereocenters. The molecule has 3 heteroatoms. The first-order valence-corrected chi connectivity index (χ1v) is 5.43. The zero-order chi connectivity index (χ0) is 11.0. The summed E-state index contributed by atoms with van der Waals surface area (Å²) < 4.78 is 0. The average molecular weight is 200 g/mol. The Morgan fingerprint density at radius 2 is 1.86 bits per heavy atom. The predicted molar refractivity (Wildman–Crippen MR) is 60.2 cm³/mol. The van der Waals surface area contributed by atoms with Gasteiger partial charge in [-0.1, -0.05) is 27.7 Å². The second-order valence-electron chi connectivity index (χ2n) is 4.79. The molecule has 0 atom stereocenters. The van der Waals surface area contributed by atoms with Crippen molar-refractivity contribution >= 4 is 5.91 Å². The summed E-state index contributed by atoms with van der Waals surface area (Å²) in [6, 6.07) is 0. The zero-order valence-corrected chi connectivity index (χ0v) is 9.94. The van der Waals surface area contributed by atoms with E-state index in [0.717, 1.165) is 26.1 Å². The van der Waals surface area contributed by atoms with Crippen molar-refractivity contribution in [2.75, 3.05) is 19.6 Å². The molecule has 0 heterocycles. The van der Waals surface area contributed by atoms with Gasteiger partial charge in [0.05, 0.1) is 0 Å². The van der Waals surface area contributed by atoms with Crippen molar-refractivity contribution in [2.45, 2.75) is 40.5 Å². The van der Waals surface area contributed by atoms with Crippen LogP contribution < -0.4 is 10.6 Å². The van der Waals surface area contributed by atoms with Gasteiger partial charge < -0.3 is 10.6 Å². The lowest BCUT2D eigenvalue weighted by molar-refractivity contribution is -0.122. The largest absolute Gasteiger partial charge is 0.356 e. The molecular weight excluding hydrogens is 176 g/mol. The molecule has 0 saturated carbocycles. The van der Waals surface area contributed by atoms with E-state index < -0.39 is 0 Å². The van der Waals surface area contributed by atoms with Crippen LogP contribution in [-0.4, -0.2) is 25.5 Å². The minimum absolute atomic E-state index is 0.0890. The van der Waals surface area contributed by atoms with Gasteiger partial charge >= 0.3 is 0 Å². The van der Waals surface area contributed by atoms with Gasteiger partial charge in [-0.05, 0) is 24.9 Å². The average Bonchev–Trinajstić information content (AvgIpc) is 2.00. The molecule has 0 aromatic rings. The van der Waals surface area contributed by atoms with Crippen molar-refractivity contribution < 1.29 is 4.79 Å². The first-order chi connectivity index (χ1) is 6.45. The van der Waals surface area contributed by atoms with E-state index in [-0.39, 0.29) is 11.3 Å². The van der Waals surface area contributed by atoms with E-state index in [1.165, 1.54) is 0 Å². The van der Waals surface area contributed by atoms with Gasteiger partial charge in [-0.2, -0.15) is 0 Å². The van der Waals surface area contributed by atoms with Crippen molar-refractivity contribution in [3.05, 3.63) is 0 Å². The minimum Gasteiger partial charge on any atom is -0.356 e. The summed E-state index contributed by atoms with van der Waals surface area (Å²) in [4.78, 5) is 11.4. The molecule has 0 radical (unpaired) electrons. The summed E-state index contributed by atoms with van der Waals surface area (Å²) >= 11 is 0. The number of carbonyl (C=O) groups excluding carboxylic acids is 1. The van der Waals surface area contributed by atoms with Crippen LogP contribution in [0.1, 0.15) is 40.5 Å². The van der Waals surface area contributed by atoms with Crippen LogP contribution in [0, 0.1) is 5.41 Å². The maximum Gasteiger partial charge on any atom is 0.220 e. The van der Waals surface area contributed by atoms with E-state index in [2.05, 4.69) is 38.3 Å². The molecule has 84 valence electrons. The third-order valence-electron chi connectivity index (χ3n) is 1.79. The summed E-state index contributed by atoms with van der Waals surface area (Å²) in [6.07, 6.45) is 1.61. The van der Waals surface area contributed by atoms with Gasteiger partial charge in [-0.25, -0.2) is 0 Å². The Morgan fingerprint density at radius 1 is 1.21 bits per heavy atom. The Morgan fingerprint density at radius 3 is 2.36 bits per heavy atom. The van der Waals surface area contributed by atoms with Crippen LogP contribution in [0.15, 0.2) is 0 Å². The second kappa shape index (κ2) is 6.82. The van der Waals surface area contributed by atoms with Crippen LogP contribution in [0.25, 0.3) is 0 Å². The van der Waals surface area contributed by atoms with E-state index in [9.17, 15) is 4.79 Å². The maximum absolute atomic E-state index is 11.4. The lowest BCUT2D eigenvalue weighted by Crippen LogP contribution is -2.30. The van der Waals surface area contributed by atoms with Gasteiger partial charge in [0.1, 0.15) is 0 Å². The van der Waals surface area contributed by atoms with Crippen LogP contribution in [-0.2, 0) is 4.79 Å². The Bertz CT molecular complexity index is 161. The fourth-order valence-electron chi connectivity index (χ4n) is 1.16. The van der Waals surface area contributed by atoms with Crippen molar-refractivity contribution in [3.63, 3.8) is 0 Å². The molecule has 3 nitrogen and oxygen atoms in total. The first-order valence-electron chi connectivity index (χ1n) is 5.43. The summed E-state index contributed by atoms with van der Waals surface area (Å²) in [5.74, 6) is 0.161. The quantitative estimate of drug-likeness (QED) is 0.639. The molecule has 0 aliphatic carbocycles. The molecular formula is C11H24N2O. The van der Waals surface area contributed by atoms with E-state index >= 15 is 0 Å². The van der Waals surface area contributed by atoms with Crippen LogP contribution in [0.5, 0.6) is 0 Å². The molecule has 0 rings (SSSR count). The summed E-state index contributed by atoms with van der Waals surface area (Å²) in [7, 11) is 0. The third kappa shape index (κ3) is 9.52. The SMILES string of the molecule is CCNCCCNC(=O)CC(C)(C)C. The molecule has 0 aromatic carbocycles. The van der Waals surface area contributed by atoms with E-state index in [4.69, 9.17) is 0 Å². The van der Waals surface area contributed by atoms with Gasteiger partial charge in [-0.15, -0.1) is 0 Å². The number of hydrogen-bond acceptors (Lipinski definition) is 2. The number of amides is 1. The molecule has 0 spiro atoms. The van der Waals surface area contributed by atoms with Crippen LogP contribution in [0.3, 0.4) is 0 Å². The molecule has 0 saturated heterocycles. The van der Waals surface area contributed by atoms with Gasteiger partial charge in [0.25, 0.3) is 0 Å². The summed E-state index contributed by atoms with van der Waals surface area (Å²) in [5, 5.41) is 6.14. The highest BCUT2D eigenvalue weighted by Gasteiger charge is 2.14. The second-order valence-corrected chi connectivity index (χ2v) is 4.79. The Kier molecular flexibility index (Phi) is 6.54. The maximum atomic E-state index is 11.4. The molecule has 0 aromatic heterocycles. The van der Waals surface area contributed by atoms with Crippen molar-refractivity contribution in [3.8, 4) is 0 Å². The topological polar surface area (TPSA) is 41.1 Å². The van der Waals surface area contributed by atoms with Crippen LogP contribution >= 0.6 is 0 Å². The first kappa shape index (κ1) is 13.4. The third-order valence-corrected chi connectivity index (χ3v) is 1.79. The molecule has 2 N–H and O–H groups in total. The lowest BCUT2D eigenvalue weighted by atomic mass is 9.92. The standard InChI is InChI=1S/C11H24N2O/c1-5-12-7-6-8-13-10(14)9-11(2,3)4/h12H,5-9H2,1-4H3,(H,13,14). The Labute approximate surface area is 87.6 Å². The molecule has 14 heavy (non-hydrogen) atoms. The molecule has 0 aliphatic heterocycles. The zero-order valence-electron chi connectivity index (χ0n) is 9.94. The minimum atomic E-state index is 0.0890. The van der Waals surface area contributed by atoms with Crippen molar-refractivity contribution in [1.29, 1.82) is 0 Å². The summed E-state index contributed by atoms with van der Waals surface area (Å²) in [5.41, 5.74) is 0.0890. The van der Waals surface area contributed by atoms with E-state index in [0.29, 0.717) is 6.42 Å². The Balaban J connectivity index is 3.36. The number of carbonyl (C=O) groups is 1. The monoisotopic (exact) mass is 200 g/mol. The van der Waals surface area contributed by atoms with E-state index in [1.54, 1.807) is 0 Å². The Hall–Kier alpha value is -0.570. The van der Waals surface area contributed by atoms with Gasteiger partial charge in [0.15, 0.2) is 0 Å². The summed E-state index contributed by atoms with van der Waals surface area (Å²) in [6.45, 7) is 11.1. The van der Waals surface area contributed by atoms with Crippen molar-refractivity contribution in [2.24, 2.45) is 5.41 Å². The smallest absolute Gasteiger partial charge is 0.220 e. The van der Waals surface area contributed by atoms with E-state index in [1.807, 2.05) is 0 Å². The molecule has 0 aliphatic rings. The number of rotatable bonds is 6. The molecule has 0 bridgehead atoms. The highest BCUT2D eigenvalue weighted by atomic mass is 16.1. The van der Waals surface area contributed by atoms with Crippen LogP contribution in [0.2, 0.25) is 0 Å². The fourth-order valence-corrected chi connectivity index (χ4v) is 1.16. The van der Waals surface area contributed by atoms with Crippen LogP contribution in [0.4, 0.5) is 0 Å². The van der Waals surface area contributed by atoms with Crippen molar-refractivity contribution in [1.82, 2.24) is 10.6 Å². The number of hydrogen-bond donors (Lipinski definition) is 2. The fraction of sp³-hybridized carbons (Fsp3) is 0.909. The molecule has 1 amide bonds. The number of nitrogens with one attached hydrogen (secondary N) is 2. The van der Waals surface area contributed by atoms with Gasteiger partial charge in [0, 0.05) is 13.0 Å². The highest BCUT2D eigenvalue weighted by Crippen LogP contribution is 2.17. The lowest BCUT2D eigenvalue weighted by Gasteiger charge is -2.17. The normalized spacial score (nSPS) is 11.4. The highest BCUT2D eigenvalue weighted by molar-refractivity contribution is 5.76. The van der Waals surface area contributed by atoms with Gasteiger partial charge in [0.2, 0.25) is 5.91 Å².